The largest absolute Gasteiger partial charge is 0.313 e. The molecule has 0 aliphatic carbocycles. The van der Waals surface area contributed by atoms with Crippen molar-refractivity contribution in [2.24, 2.45) is 0 Å². The predicted molar refractivity (Wildman–Crippen MR) is 87.3 cm³/mol. The summed E-state index contributed by atoms with van der Waals surface area (Å²) >= 11 is 0. The Balaban J connectivity index is 2.09. The highest BCUT2D eigenvalue weighted by atomic mass is 19.2. The highest BCUT2D eigenvalue weighted by Gasteiger charge is 2.35. The minimum Gasteiger partial charge on any atom is -0.313 e. The fourth-order valence-electron chi connectivity index (χ4n) is 3.03. The highest BCUT2D eigenvalue weighted by molar-refractivity contribution is 5.96. The van der Waals surface area contributed by atoms with Crippen LogP contribution >= 0.6 is 0 Å². The van der Waals surface area contributed by atoms with E-state index in [9.17, 15) is 18.8 Å². The van der Waals surface area contributed by atoms with Gasteiger partial charge in [-0.05, 0) is 25.1 Å². The van der Waals surface area contributed by atoms with Crippen LogP contribution in [0.15, 0.2) is 24.4 Å². The molecule has 1 aromatic carbocycles. The van der Waals surface area contributed by atoms with Crippen LogP contribution in [-0.4, -0.2) is 27.5 Å². The number of carbonyl (C=O) groups is 1. The van der Waals surface area contributed by atoms with Crippen LogP contribution in [0.2, 0.25) is 0 Å². The molecule has 1 amide bonds. The molecule has 25 heavy (non-hydrogen) atoms. The van der Waals surface area contributed by atoms with Gasteiger partial charge >= 0.3 is 0 Å². The molecular weight excluding hydrogens is 326 g/mol. The number of hydrogen-bond acceptors (Lipinski definition) is 3. The number of allylic oxidation sites excluding steroid dienone is 1. The first-order chi connectivity index (χ1) is 11.7. The third-order valence-corrected chi connectivity index (χ3v) is 4.29. The van der Waals surface area contributed by atoms with Gasteiger partial charge < -0.3 is 4.90 Å². The van der Waals surface area contributed by atoms with Crippen molar-refractivity contribution in [3.8, 4) is 6.07 Å². The van der Waals surface area contributed by atoms with Crippen LogP contribution in [0.3, 0.4) is 0 Å². The number of fused-ring (bicyclic) bond motifs is 1. The maximum atomic E-state index is 13.5. The predicted octanol–water partition coefficient (Wildman–Crippen LogP) is 3.29. The Morgan fingerprint density at radius 3 is 2.72 bits per heavy atom. The third kappa shape index (κ3) is 2.80. The lowest BCUT2D eigenvalue weighted by Crippen LogP contribution is -2.37. The molecule has 1 N–H and O–H groups in total. The van der Waals surface area contributed by atoms with E-state index in [4.69, 9.17) is 0 Å². The Kier molecular flexibility index (Phi) is 3.91. The minimum atomic E-state index is -1.09. The van der Waals surface area contributed by atoms with Gasteiger partial charge in [0.05, 0.1) is 17.0 Å². The van der Waals surface area contributed by atoms with Crippen molar-refractivity contribution in [2.45, 2.75) is 26.2 Å². The van der Waals surface area contributed by atoms with E-state index in [1.807, 2.05) is 13.8 Å². The van der Waals surface area contributed by atoms with Gasteiger partial charge in [-0.3, -0.25) is 9.89 Å². The molecule has 0 bridgehead atoms. The number of nitrogens with one attached hydrogen (secondary N) is 1. The molecule has 0 unspecified atom stereocenters. The van der Waals surface area contributed by atoms with Gasteiger partial charge in [0.15, 0.2) is 11.6 Å². The minimum absolute atomic E-state index is 0.0173. The summed E-state index contributed by atoms with van der Waals surface area (Å²) in [6.07, 6.45) is 1.44. The number of benzene rings is 1. The zero-order chi connectivity index (χ0) is 18.4. The molecule has 0 fully saturated rings. The summed E-state index contributed by atoms with van der Waals surface area (Å²) < 4.78 is 26.6. The van der Waals surface area contributed by atoms with Crippen molar-refractivity contribution in [1.82, 2.24) is 15.1 Å². The molecule has 0 radical (unpaired) electrons. The standard InChI is InChI=1S/C18H16F2N4O/c1-10-15-12(7-21)8-24(9-18(2,3)16(15)23-22-10)17(25)11-4-5-13(19)14(20)6-11/h4-6,8H,9H2,1-3H3,(H,22,23). The van der Waals surface area contributed by atoms with Crippen molar-refractivity contribution in [3.05, 3.63) is 58.5 Å². The summed E-state index contributed by atoms with van der Waals surface area (Å²) in [7, 11) is 0. The molecule has 3 rings (SSSR count). The molecule has 0 saturated carbocycles. The first-order valence-corrected chi connectivity index (χ1v) is 7.68. The summed E-state index contributed by atoms with van der Waals surface area (Å²) in [5, 5.41) is 16.6. The lowest BCUT2D eigenvalue weighted by Gasteiger charge is -2.28. The molecule has 2 aromatic rings. The number of aromatic nitrogens is 2. The van der Waals surface area contributed by atoms with Crippen molar-refractivity contribution < 1.29 is 13.6 Å². The van der Waals surface area contributed by atoms with Crippen LogP contribution in [0.1, 0.15) is 41.2 Å². The van der Waals surface area contributed by atoms with Gasteiger partial charge in [-0.1, -0.05) is 13.8 Å². The zero-order valence-corrected chi connectivity index (χ0v) is 14.0. The van der Waals surface area contributed by atoms with Crippen LogP contribution in [0, 0.1) is 29.9 Å². The first kappa shape index (κ1) is 16.8. The van der Waals surface area contributed by atoms with E-state index in [-0.39, 0.29) is 12.1 Å². The number of hydrogen-bond donors (Lipinski definition) is 1. The number of halogens is 2. The summed E-state index contributed by atoms with van der Waals surface area (Å²) in [4.78, 5) is 14.1. The number of rotatable bonds is 1. The van der Waals surface area contributed by atoms with Gasteiger partial charge in [-0.15, -0.1) is 0 Å². The number of aromatic amines is 1. The van der Waals surface area contributed by atoms with E-state index in [1.54, 1.807) is 6.92 Å². The van der Waals surface area contributed by atoms with Crippen molar-refractivity contribution in [2.75, 3.05) is 6.54 Å². The molecule has 2 heterocycles. The van der Waals surface area contributed by atoms with E-state index in [1.165, 1.54) is 17.2 Å². The number of carbonyl (C=O) groups excluding carboxylic acids is 1. The second kappa shape index (κ2) is 5.81. The van der Waals surface area contributed by atoms with E-state index in [0.717, 1.165) is 17.8 Å². The molecule has 7 heteroatoms. The fourth-order valence-corrected chi connectivity index (χ4v) is 3.03. The Morgan fingerprint density at radius 2 is 2.08 bits per heavy atom. The number of aryl methyl sites for hydroxylation is 1. The first-order valence-electron chi connectivity index (χ1n) is 7.68. The maximum absolute atomic E-state index is 13.5. The van der Waals surface area contributed by atoms with Crippen molar-refractivity contribution >= 4 is 11.5 Å². The average Bonchev–Trinajstić information content (AvgIpc) is 2.90. The topological polar surface area (TPSA) is 72.8 Å². The van der Waals surface area contributed by atoms with Crippen LogP contribution in [0.4, 0.5) is 8.78 Å². The number of H-pyrrole nitrogens is 1. The molecular formula is C18H16F2N4O. The summed E-state index contributed by atoms with van der Waals surface area (Å²) in [6, 6.07) is 5.10. The molecule has 0 atom stereocenters. The summed E-state index contributed by atoms with van der Waals surface area (Å²) in [5.74, 6) is -2.61. The lowest BCUT2D eigenvalue weighted by atomic mass is 9.85. The fraction of sp³-hybridized carbons (Fsp3) is 0.278. The zero-order valence-electron chi connectivity index (χ0n) is 14.0. The molecule has 0 saturated heterocycles. The Morgan fingerprint density at radius 1 is 1.36 bits per heavy atom. The third-order valence-electron chi connectivity index (χ3n) is 4.29. The second-order valence-corrected chi connectivity index (χ2v) is 6.66. The normalized spacial score (nSPS) is 15.8. The monoisotopic (exact) mass is 342 g/mol. The second-order valence-electron chi connectivity index (χ2n) is 6.66. The van der Waals surface area contributed by atoms with E-state index >= 15 is 0 Å². The van der Waals surface area contributed by atoms with Crippen LogP contribution in [-0.2, 0) is 5.41 Å². The van der Waals surface area contributed by atoms with Crippen LogP contribution in [0.5, 0.6) is 0 Å². The lowest BCUT2D eigenvalue weighted by molar-refractivity contribution is 0.0799. The van der Waals surface area contributed by atoms with E-state index in [0.29, 0.717) is 16.8 Å². The summed E-state index contributed by atoms with van der Waals surface area (Å²) in [5.41, 5.74) is 1.90. The Labute approximate surface area is 143 Å². The maximum Gasteiger partial charge on any atom is 0.257 e. The smallest absolute Gasteiger partial charge is 0.257 e. The van der Waals surface area contributed by atoms with Gasteiger partial charge in [-0.25, -0.2) is 8.78 Å². The van der Waals surface area contributed by atoms with Gasteiger partial charge in [0.25, 0.3) is 5.91 Å². The number of nitrogens with zero attached hydrogens (tertiary/aromatic N) is 3. The summed E-state index contributed by atoms with van der Waals surface area (Å²) in [6.45, 7) is 5.88. The molecule has 1 aromatic heterocycles. The van der Waals surface area contributed by atoms with E-state index in [2.05, 4.69) is 16.3 Å². The molecule has 5 nitrogen and oxygen atoms in total. The Bertz CT molecular complexity index is 937. The molecule has 128 valence electrons. The van der Waals surface area contributed by atoms with Gasteiger partial charge in [0, 0.05) is 29.3 Å². The van der Waals surface area contributed by atoms with Crippen molar-refractivity contribution in [1.29, 1.82) is 5.26 Å². The van der Waals surface area contributed by atoms with E-state index < -0.39 is 23.0 Å². The van der Waals surface area contributed by atoms with Crippen LogP contribution in [0.25, 0.3) is 5.57 Å². The number of nitriles is 1. The van der Waals surface area contributed by atoms with Gasteiger partial charge in [0.2, 0.25) is 0 Å². The molecule has 1 aliphatic heterocycles. The van der Waals surface area contributed by atoms with Gasteiger partial charge in [0.1, 0.15) is 6.07 Å². The van der Waals surface area contributed by atoms with Crippen molar-refractivity contribution in [3.63, 3.8) is 0 Å². The number of amides is 1. The Hall–Kier alpha value is -3.01. The molecule has 1 aliphatic rings. The quantitative estimate of drug-likeness (QED) is 0.864. The van der Waals surface area contributed by atoms with Gasteiger partial charge in [-0.2, -0.15) is 10.4 Å². The highest BCUT2D eigenvalue weighted by Crippen LogP contribution is 2.35. The SMILES string of the molecule is Cc1n[nH]c2c1C(C#N)=CN(C(=O)c1ccc(F)c(F)c1)CC2(C)C. The van der Waals surface area contributed by atoms with Crippen LogP contribution < -0.4 is 0 Å². The average molecular weight is 342 g/mol. The molecule has 0 spiro atoms.